The van der Waals surface area contributed by atoms with Gasteiger partial charge in [0.25, 0.3) is 0 Å². The zero-order valence-electron chi connectivity index (χ0n) is 10.1. The Labute approximate surface area is 113 Å². The number of rotatable bonds is 3. The maximum atomic E-state index is 11.6. The summed E-state index contributed by atoms with van der Waals surface area (Å²) in [4.78, 5) is 11.6. The minimum absolute atomic E-state index is 0. The van der Waals surface area contributed by atoms with Crippen LogP contribution < -0.4 is 5.73 Å². The van der Waals surface area contributed by atoms with Crippen molar-refractivity contribution in [2.45, 2.75) is 19.9 Å². The van der Waals surface area contributed by atoms with Gasteiger partial charge in [-0.05, 0) is 31.5 Å². The van der Waals surface area contributed by atoms with E-state index in [0.717, 1.165) is 5.56 Å². The van der Waals surface area contributed by atoms with E-state index in [2.05, 4.69) is 0 Å². The zero-order valence-corrected chi connectivity index (χ0v) is 11.6. The fourth-order valence-electron chi connectivity index (χ4n) is 1.48. The number of halogens is 2. The van der Waals surface area contributed by atoms with Crippen molar-refractivity contribution >= 4 is 30.0 Å². The average Bonchev–Trinajstić information content (AvgIpc) is 2.28. The van der Waals surface area contributed by atoms with Crippen molar-refractivity contribution in [2.75, 3.05) is 7.11 Å². The van der Waals surface area contributed by atoms with Crippen LogP contribution in [0.25, 0.3) is 0 Å². The lowest BCUT2D eigenvalue weighted by Crippen LogP contribution is -2.37. The van der Waals surface area contributed by atoms with Gasteiger partial charge in [-0.2, -0.15) is 0 Å². The Bertz CT molecular complexity index is 377. The molecule has 0 aliphatic carbocycles. The highest BCUT2D eigenvalue weighted by atomic mass is 35.5. The quantitative estimate of drug-likeness (QED) is 0.865. The largest absolute Gasteiger partial charge is 0.469 e. The molecule has 0 radical (unpaired) electrons. The van der Waals surface area contributed by atoms with Gasteiger partial charge in [-0.25, -0.2) is 0 Å². The maximum Gasteiger partial charge on any atom is 0.313 e. The Morgan fingerprint density at radius 1 is 1.35 bits per heavy atom. The third kappa shape index (κ3) is 3.60. The lowest BCUT2D eigenvalue weighted by atomic mass is 9.81. The zero-order chi connectivity index (χ0) is 12.3. The normalized spacial score (nSPS) is 12.5. The fourth-order valence-corrected chi connectivity index (χ4v) is 1.60. The maximum absolute atomic E-state index is 11.6. The molecule has 1 rings (SSSR count). The molecule has 0 amide bonds. The summed E-state index contributed by atoms with van der Waals surface area (Å²) in [6.07, 6.45) is 0. The van der Waals surface area contributed by atoms with Gasteiger partial charge in [0.15, 0.2) is 0 Å². The van der Waals surface area contributed by atoms with Crippen LogP contribution in [0.2, 0.25) is 5.02 Å². The second-order valence-electron chi connectivity index (χ2n) is 4.24. The molecule has 0 heterocycles. The monoisotopic (exact) mass is 277 g/mol. The molecule has 96 valence electrons. The van der Waals surface area contributed by atoms with Crippen LogP contribution in [-0.4, -0.2) is 13.1 Å². The standard InChI is InChI=1S/C12H16ClNO2.ClH/c1-12(2,11(15)16-3)10(14)8-4-6-9(13)7-5-8;/h4-7,10H,14H2,1-3H3;1H/t10-;/m0./s1. The van der Waals surface area contributed by atoms with Crippen LogP contribution in [0.5, 0.6) is 0 Å². The average molecular weight is 278 g/mol. The molecule has 0 saturated carbocycles. The molecule has 0 fully saturated rings. The van der Waals surface area contributed by atoms with E-state index in [1.807, 2.05) is 12.1 Å². The highest BCUT2D eigenvalue weighted by molar-refractivity contribution is 6.30. The van der Waals surface area contributed by atoms with Gasteiger partial charge in [-0.3, -0.25) is 4.79 Å². The van der Waals surface area contributed by atoms with Gasteiger partial charge in [0.1, 0.15) is 0 Å². The molecule has 1 aromatic carbocycles. The summed E-state index contributed by atoms with van der Waals surface area (Å²) in [7, 11) is 1.36. The van der Waals surface area contributed by atoms with Crippen molar-refractivity contribution in [1.29, 1.82) is 0 Å². The van der Waals surface area contributed by atoms with E-state index in [1.54, 1.807) is 26.0 Å². The number of benzene rings is 1. The minimum Gasteiger partial charge on any atom is -0.469 e. The number of ether oxygens (including phenoxy) is 1. The van der Waals surface area contributed by atoms with E-state index in [-0.39, 0.29) is 18.4 Å². The van der Waals surface area contributed by atoms with Crippen molar-refractivity contribution in [1.82, 2.24) is 0 Å². The smallest absolute Gasteiger partial charge is 0.313 e. The molecular formula is C12H17Cl2NO2. The molecule has 0 saturated heterocycles. The molecule has 0 aliphatic rings. The lowest BCUT2D eigenvalue weighted by molar-refractivity contribution is -0.152. The van der Waals surface area contributed by atoms with E-state index in [4.69, 9.17) is 22.1 Å². The van der Waals surface area contributed by atoms with Crippen LogP contribution in [0.4, 0.5) is 0 Å². The molecule has 0 spiro atoms. The molecule has 17 heavy (non-hydrogen) atoms. The van der Waals surface area contributed by atoms with Crippen molar-refractivity contribution in [3.8, 4) is 0 Å². The lowest BCUT2D eigenvalue weighted by Gasteiger charge is -2.28. The predicted molar refractivity (Wildman–Crippen MR) is 71.4 cm³/mol. The van der Waals surface area contributed by atoms with Crippen LogP contribution in [-0.2, 0) is 9.53 Å². The highest BCUT2D eigenvalue weighted by Crippen LogP contribution is 2.32. The van der Waals surface area contributed by atoms with Crippen molar-refractivity contribution < 1.29 is 9.53 Å². The number of carbonyl (C=O) groups excluding carboxylic acids is 1. The van der Waals surface area contributed by atoms with Crippen molar-refractivity contribution in [3.63, 3.8) is 0 Å². The van der Waals surface area contributed by atoms with Crippen molar-refractivity contribution in [2.24, 2.45) is 11.1 Å². The molecule has 2 N–H and O–H groups in total. The molecule has 1 atom stereocenters. The SMILES string of the molecule is COC(=O)C(C)(C)[C@@H](N)c1ccc(Cl)cc1.Cl. The molecule has 0 unspecified atom stereocenters. The minimum atomic E-state index is -0.761. The summed E-state index contributed by atoms with van der Waals surface area (Å²) in [5.74, 6) is -0.324. The molecule has 0 aliphatic heterocycles. The van der Waals surface area contributed by atoms with Gasteiger partial charge >= 0.3 is 5.97 Å². The summed E-state index contributed by atoms with van der Waals surface area (Å²) in [5.41, 5.74) is 6.16. The molecule has 0 aromatic heterocycles. The van der Waals surface area contributed by atoms with E-state index in [1.165, 1.54) is 7.11 Å². The summed E-state index contributed by atoms with van der Waals surface area (Å²) in [6, 6.07) is 6.72. The first-order chi connectivity index (χ1) is 7.39. The molecular weight excluding hydrogens is 261 g/mol. The fraction of sp³-hybridized carbons (Fsp3) is 0.417. The molecule has 5 heteroatoms. The molecule has 0 bridgehead atoms. The Hall–Kier alpha value is -0.770. The Balaban J connectivity index is 0.00000256. The Morgan fingerprint density at radius 3 is 2.24 bits per heavy atom. The summed E-state index contributed by atoms with van der Waals surface area (Å²) < 4.78 is 4.74. The van der Waals surface area contributed by atoms with Crippen molar-refractivity contribution in [3.05, 3.63) is 34.9 Å². The van der Waals surface area contributed by atoms with E-state index >= 15 is 0 Å². The third-order valence-electron chi connectivity index (χ3n) is 2.72. The first-order valence-electron chi connectivity index (χ1n) is 4.99. The number of hydrogen-bond donors (Lipinski definition) is 1. The predicted octanol–water partition coefficient (Wildman–Crippen LogP) is 2.96. The number of esters is 1. The van der Waals surface area contributed by atoms with Gasteiger partial charge < -0.3 is 10.5 Å². The van der Waals surface area contributed by atoms with E-state index < -0.39 is 11.5 Å². The van der Waals surface area contributed by atoms with Gasteiger partial charge in [-0.15, -0.1) is 12.4 Å². The first kappa shape index (κ1) is 16.2. The second-order valence-corrected chi connectivity index (χ2v) is 4.68. The van der Waals surface area contributed by atoms with Crippen LogP contribution in [0, 0.1) is 5.41 Å². The number of methoxy groups -OCH3 is 1. The van der Waals surface area contributed by atoms with Gasteiger partial charge in [0, 0.05) is 11.1 Å². The van der Waals surface area contributed by atoms with Gasteiger partial charge in [-0.1, -0.05) is 23.7 Å². The first-order valence-corrected chi connectivity index (χ1v) is 5.37. The molecule has 1 aromatic rings. The number of hydrogen-bond acceptors (Lipinski definition) is 3. The Kier molecular flexibility index (Phi) is 5.96. The van der Waals surface area contributed by atoms with Crippen LogP contribution in [0.3, 0.4) is 0 Å². The van der Waals surface area contributed by atoms with E-state index in [0.29, 0.717) is 5.02 Å². The summed E-state index contributed by atoms with van der Waals surface area (Å²) >= 11 is 5.79. The third-order valence-corrected chi connectivity index (χ3v) is 2.97. The van der Waals surface area contributed by atoms with Gasteiger partial charge in [0.2, 0.25) is 0 Å². The molecule has 3 nitrogen and oxygen atoms in total. The van der Waals surface area contributed by atoms with Crippen LogP contribution >= 0.6 is 24.0 Å². The van der Waals surface area contributed by atoms with Gasteiger partial charge in [0.05, 0.1) is 12.5 Å². The Morgan fingerprint density at radius 2 is 1.82 bits per heavy atom. The second kappa shape index (κ2) is 6.24. The number of carbonyl (C=O) groups is 1. The summed E-state index contributed by atoms with van der Waals surface area (Å²) in [5, 5.41) is 0.645. The van der Waals surface area contributed by atoms with E-state index in [9.17, 15) is 4.79 Å². The van der Waals surface area contributed by atoms with Crippen LogP contribution in [0.15, 0.2) is 24.3 Å². The van der Waals surface area contributed by atoms with Crippen LogP contribution in [0.1, 0.15) is 25.5 Å². The highest BCUT2D eigenvalue weighted by Gasteiger charge is 2.36. The number of nitrogens with two attached hydrogens (primary N) is 1. The summed E-state index contributed by atoms with van der Waals surface area (Å²) in [6.45, 7) is 3.52. The topological polar surface area (TPSA) is 52.3 Å².